The summed E-state index contributed by atoms with van der Waals surface area (Å²) in [5, 5.41) is 3.88. The van der Waals surface area contributed by atoms with Crippen molar-refractivity contribution >= 4 is 41.1 Å². The maximum atomic E-state index is 14.0. The summed E-state index contributed by atoms with van der Waals surface area (Å²) in [7, 11) is 0. The molecule has 9 nitrogen and oxygen atoms in total. The number of nitrogens with zero attached hydrogens (tertiary/aromatic N) is 4. The van der Waals surface area contributed by atoms with Crippen LogP contribution in [0.25, 0.3) is 5.57 Å². The fraction of sp³-hybridized carbons (Fsp3) is 0.588. The van der Waals surface area contributed by atoms with Crippen LogP contribution in [0.2, 0.25) is 0 Å². The van der Waals surface area contributed by atoms with Crippen LogP contribution in [0.3, 0.4) is 0 Å². The van der Waals surface area contributed by atoms with Gasteiger partial charge in [0.15, 0.2) is 0 Å². The molecule has 5 rings (SSSR count). The van der Waals surface area contributed by atoms with E-state index in [4.69, 9.17) is 10.7 Å². The van der Waals surface area contributed by atoms with Crippen LogP contribution in [0, 0.1) is 5.92 Å². The van der Waals surface area contributed by atoms with Gasteiger partial charge >= 0.3 is 6.03 Å². The Hall–Kier alpha value is -3.27. The summed E-state index contributed by atoms with van der Waals surface area (Å²) in [4.78, 5) is 40.9. The van der Waals surface area contributed by atoms with Gasteiger partial charge in [-0.3, -0.25) is 9.52 Å². The third-order valence-electron chi connectivity index (χ3n) is 9.05. The number of carbonyl (C=O) groups excluding carboxylic acids is 2. The van der Waals surface area contributed by atoms with Gasteiger partial charge in [-0.15, -0.1) is 0 Å². The maximum absolute atomic E-state index is 14.0. The number of carbonyl (C=O) groups is 2. The third kappa shape index (κ3) is 7.33. The molecule has 2 fully saturated rings. The van der Waals surface area contributed by atoms with E-state index in [9.17, 15) is 9.59 Å². The second-order valence-corrected chi connectivity index (χ2v) is 15.2. The van der Waals surface area contributed by atoms with Crippen molar-refractivity contribution in [2.75, 3.05) is 30.3 Å². The highest BCUT2D eigenvalue weighted by molar-refractivity contribution is 7.97. The van der Waals surface area contributed by atoms with E-state index in [1.807, 2.05) is 23.1 Å². The second-order valence-electron chi connectivity index (χ2n) is 14.4. The van der Waals surface area contributed by atoms with E-state index < -0.39 is 0 Å². The Bertz CT molecular complexity index is 1410. The average molecular weight is 620 g/mol. The molecule has 3 aliphatic rings. The predicted molar refractivity (Wildman–Crippen MR) is 180 cm³/mol. The van der Waals surface area contributed by atoms with E-state index in [2.05, 4.69) is 67.5 Å². The molecule has 0 aromatic carbocycles. The van der Waals surface area contributed by atoms with Gasteiger partial charge in [0.1, 0.15) is 16.7 Å². The number of nitrogen functional groups attached to an aromatic ring is 1. The van der Waals surface area contributed by atoms with Crippen molar-refractivity contribution in [1.29, 1.82) is 0 Å². The number of nitrogens with one attached hydrogen (secondary N) is 2. The molecule has 1 atom stereocenters. The lowest BCUT2D eigenvalue weighted by molar-refractivity contribution is 0.0984. The summed E-state index contributed by atoms with van der Waals surface area (Å²) in [6.45, 7) is 15.2. The Morgan fingerprint density at radius 1 is 1.11 bits per heavy atom. The van der Waals surface area contributed by atoms with Crippen LogP contribution in [0.1, 0.15) is 108 Å². The molecule has 238 valence electrons. The number of nitrogens with two attached hydrogens (primary N) is 1. The van der Waals surface area contributed by atoms with Gasteiger partial charge in [-0.25, -0.2) is 14.8 Å². The van der Waals surface area contributed by atoms with Crippen LogP contribution in [-0.2, 0) is 5.41 Å². The summed E-state index contributed by atoms with van der Waals surface area (Å²) in [5.74, 6) is 1.39. The molecule has 2 aromatic heterocycles. The van der Waals surface area contributed by atoms with Gasteiger partial charge in [-0.05, 0) is 69.2 Å². The Labute approximate surface area is 267 Å². The van der Waals surface area contributed by atoms with Crippen LogP contribution in [0.4, 0.5) is 16.4 Å². The molecule has 4 N–H and O–H groups in total. The summed E-state index contributed by atoms with van der Waals surface area (Å²) in [6.07, 6.45) is 9.64. The monoisotopic (exact) mass is 619 g/mol. The fourth-order valence-corrected chi connectivity index (χ4v) is 7.51. The molecule has 2 aliphatic heterocycles. The molecule has 44 heavy (non-hydrogen) atoms. The van der Waals surface area contributed by atoms with E-state index in [0.29, 0.717) is 41.8 Å². The molecule has 0 radical (unpaired) electrons. The molecule has 0 bridgehead atoms. The fourth-order valence-electron chi connectivity index (χ4n) is 6.90. The van der Waals surface area contributed by atoms with Gasteiger partial charge in [0.05, 0.1) is 11.3 Å². The van der Waals surface area contributed by atoms with E-state index in [-0.39, 0.29) is 28.9 Å². The number of aromatic nitrogens is 2. The van der Waals surface area contributed by atoms with Gasteiger partial charge in [0.2, 0.25) is 0 Å². The molecular formula is C34H49N7O2S. The minimum Gasteiger partial charge on any atom is -0.384 e. The van der Waals surface area contributed by atoms with Crippen molar-refractivity contribution in [3.05, 3.63) is 47.2 Å². The van der Waals surface area contributed by atoms with E-state index in [1.54, 1.807) is 6.07 Å². The number of hydrogen-bond acceptors (Lipinski definition) is 7. The van der Waals surface area contributed by atoms with E-state index in [1.165, 1.54) is 19.3 Å². The largest absolute Gasteiger partial charge is 0.384 e. The molecular weight excluding hydrogens is 570 g/mol. The highest BCUT2D eigenvalue weighted by Crippen LogP contribution is 2.41. The van der Waals surface area contributed by atoms with Gasteiger partial charge < -0.3 is 20.9 Å². The number of pyridine rings is 2. The quantitative estimate of drug-likeness (QED) is 0.314. The summed E-state index contributed by atoms with van der Waals surface area (Å²) in [5.41, 5.74) is 9.10. The molecule has 4 heterocycles. The van der Waals surface area contributed by atoms with Crippen LogP contribution in [0.15, 0.2) is 35.4 Å². The van der Waals surface area contributed by atoms with Gasteiger partial charge in [0.25, 0.3) is 5.91 Å². The zero-order chi connectivity index (χ0) is 31.6. The molecule has 1 saturated carbocycles. The number of rotatable bonds is 6. The van der Waals surface area contributed by atoms with Crippen LogP contribution < -0.4 is 20.7 Å². The van der Waals surface area contributed by atoms with Gasteiger partial charge in [-0.1, -0.05) is 59.1 Å². The minimum absolute atomic E-state index is 0.0225. The van der Waals surface area contributed by atoms with Crippen LogP contribution in [-0.4, -0.2) is 58.0 Å². The lowest BCUT2D eigenvalue weighted by Crippen LogP contribution is -2.46. The topological polar surface area (TPSA) is 116 Å². The smallest absolute Gasteiger partial charge is 0.317 e. The van der Waals surface area contributed by atoms with Crippen molar-refractivity contribution in [2.24, 2.45) is 5.92 Å². The number of amides is 3. The highest BCUT2D eigenvalue weighted by atomic mass is 32.2. The van der Waals surface area contributed by atoms with Gasteiger partial charge in [0, 0.05) is 54.1 Å². The summed E-state index contributed by atoms with van der Waals surface area (Å²) in [6, 6.07) is 7.71. The second kappa shape index (κ2) is 13.0. The van der Waals surface area contributed by atoms with Crippen molar-refractivity contribution in [1.82, 2.24) is 24.9 Å². The molecule has 1 saturated heterocycles. The predicted octanol–water partition coefficient (Wildman–Crippen LogP) is 6.55. The summed E-state index contributed by atoms with van der Waals surface area (Å²) < 4.78 is 3.01. The molecule has 0 unspecified atom stereocenters. The molecule has 1 aliphatic carbocycles. The standard InChI is InChI=1S/C34H49N7O2S/c1-22-20-34(5,6)41(21-22)30-26(31(42)39-44-28-14-10-13-27(35)37-28)19-25(29(38-30)33(2,3)4)23-15-17-40(18-16-23)32(43)36-24-11-8-7-9-12-24/h10,13-15,19,22,24H,7-9,11-12,16-18,20-21H2,1-6H3,(H2,35,37)(H,36,43)(H,39,42)/t22-/m0/s1. The molecule has 0 spiro atoms. The maximum Gasteiger partial charge on any atom is 0.317 e. The van der Waals surface area contributed by atoms with Crippen LogP contribution in [0.5, 0.6) is 0 Å². The van der Waals surface area contributed by atoms with Crippen molar-refractivity contribution in [2.45, 2.75) is 109 Å². The summed E-state index contributed by atoms with van der Waals surface area (Å²) >= 11 is 1.16. The zero-order valence-corrected chi connectivity index (χ0v) is 28.0. The van der Waals surface area contributed by atoms with E-state index >= 15 is 0 Å². The number of hydrogen-bond donors (Lipinski definition) is 3. The Balaban J connectivity index is 1.48. The first-order chi connectivity index (χ1) is 20.8. The lowest BCUT2D eigenvalue weighted by Gasteiger charge is -2.36. The van der Waals surface area contributed by atoms with Crippen molar-refractivity contribution in [3.8, 4) is 0 Å². The number of anilines is 2. The third-order valence-corrected chi connectivity index (χ3v) is 9.78. The average Bonchev–Trinajstić information content (AvgIpc) is 3.26. The Kier molecular flexibility index (Phi) is 9.49. The zero-order valence-electron chi connectivity index (χ0n) is 27.2. The number of urea groups is 1. The highest BCUT2D eigenvalue weighted by Gasteiger charge is 2.40. The first kappa shape index (κ1) is 32.1. The molecule has 2 aromatic rings. The van der Waals surface area contributed by atoms with Gasteiger partial charge in [-0.2, -0.15) is 0 Å². The minimum atomic E-state index is -0.259. The molecule has 10 heteroatoms. The molecule has 3 amide bonds. The van der Waals surface area contributed by atoms with E-state index in [0.717, 1.165) is 60.4 Å². The Morgan fingerprint density at radius 2 is 1.86 bits per heavy atom. The van der Waals surface area contributed by atoms with Crippen molar-refractivity contribution < 1.29 is 9.59 Å². The van der Waals surface area contributed by atoms with Crippen molar-refractivity contribution in [3.63, 3.8) is 0 Å². The first-order valence-corrected chi connectivity index (χ1v) is 16.9. The normalized spacial score (nSPS) is 20.8. The Morgan fingerprint density at radius 3 is 2.48 bits per heavy atom. The lowest BCUT2D eigenvalue weighted by atomic mass is 9.83. The van der Waals surface area contributed by atoms with Crippen LogP contribution >= 0.6 is 11.9 Å². The SMILES string of the molecule is C[C@@H]1CN(c2nc(C(C)(C)C)c(C3=CCN(C(=O)NC4CCCCC4)CC3)cc2C(=O)NSc2cccc(N)n2)C(C)(C)C1. The first-order valence-electron chi connectivity index (χ1n) is 16.1.